The van der Waals surface area contributed by atoms with E-state index < -0.39 is 0 Å². The number of anilines is 1. The summed E-state index contributed by atoms with van der Waals surface area (Å²) in [5.74, 6) is 0.973. The van der Waals surface area contributed by atoms with Gasteiger partial charge >= 0.3 is 0 Å². The molecule has 0 atom stereocenters. The monoisotopic (exact) mass is 434 g/mol. The largest absolute Gasteiger partial charge is 0.493 e. The van der Waals surface area contributed by atoms with Crippen LogP contribution in [0.3, 0.4) is 0 Å². The molecule has 2 aromatic carbocycles. The lowest BCUT2D eigenvalue weighted by Crippen LogP contribution is -2.09. The smallest absolute Gasteiger partial charge is 0.249 e. The van der Waals surface area contributed by atoms with Crippen molar-refractivity contribution >= 4 is 28.3 Å². The van der Waals surface area contributed by atoms with Gasteiger partial charge in [-0.05, 0) is 57.0 Å². The molecule has 0 saturated carbocycles. The highest BCUT2D eigenvalue weighted by Crippen LogP contribution is 2.40. The number of furan rings is 1. The summed E-state index contributed by atoms with van der Waals surface area (Å²) >= 11 is 0. The van der Waals surface area contributed by atoms with Crippen LogP contribution in [-0.4, -0.2) is 17.7 Å². The molecule has 0 aliphatic rings. The van der Waals surface area contributed by atoms with Gasteiger partial charge in [-0.1, -0.05) is 17.3 Å². The molecule has 32 heavy (non-hydrogen) atoms. The van der Waals surface area contributed by atoms with E-state index in [0.717, 1.165) is 27.6 Å². The summed E-state index contributed by atoms with van der Waals surface area (Å²) < 4.78 is 30.2. The molecule has 4 rings (SSSR count). The molecular formula is C25H23FN2O4. The van der Waals surface area contributed by atoms with Crippen molar-refractivity contribution in [2.45, 2.75) is 27.7 Å². The maximum absolute atomic E-state index is 13.4. The molecule has 1 amide bonds. The van der Waals surface area contributed by atoms with E-state index in [-0.39, 0.29) is 11.7 Å². The predicted octanol–water partition coefficient (Wildman–Crippen LogP) is 6.28. The second-order valence-corrected chi connectivity index (χ2v) is 7.48. The molecule has 6 nitrogen and oxygen atoms in total. The first-order valence-electron chi connectivity index (χ1n) is 10.2. The fourth-order valence-corrected chi connectivity index (χ4v) is 3.65. The molecule has 0 aliphatic heterocycles. The van der Waals surface area contributed by atoms with E-state index in [1.807, 2.05) is 26.8 Å². The minimum absolute atomic E-state index is 0.302. The van der Waals surface area contributed by atoms with Crippen molar-refractivity contribution in [1.29, 1.82) is 0 Å². The summed E-state index contributed by atoms with van der Waals surface area (Å²) in [6.07, 6.45) is 3.15. The van der Waals surface area contributed by atoms with Crippen molar-refractivity contribution in [1.82, 2.24) is 5.16 Å². The van der Waals surface area contributed by atoms with Gasteiger partial charge in [0.25, 0.3) is 0 Å². The standard InChI is InChI=1S/C25H23FN2O4/c1-5-30-24-16(4)25-20(21(13-31-25)17-6-8-18(26)9-7-17)12-19(24)14(2)10-23(29)27-22-11-15(3)32-28-22/h6-13H,5H2,1-4H3,(H,27,28,29)/b14-10+. The number of rotatable bonds is 6. The van der Waals surface area contributed by atoms with Gasteiger partial charge in [-0.25, -0.2) is 4.39 Å². The van der Waals surface area contributed by atoms with Gasteiger partial charge in [0.15, 0.2) is 5.82 Å². The van der Waals surface area contributed by atoms with E-state index in [9.17, 15) is 9.18 Å². The average molecular weight is 434 g/mol. The van der Waals surface area contributed by atoms with E-state index in [1.165, 1.54) is 18.2 Å². The molecular weight excluding hydrogens is 411 g/mol. The zero-order valence-electron chi connectivity index (χ0n) is 18.3. The second kappa shape index (κ2) is 8.70. The van der Waals surface area contributed by atoms with Crippen LogP contribution in [0.15, 0.2) is 57.7 Å². The highest BCUT2D eigenvalue weighted by atomic mass is 19.1. The zero-order valence-corrected chi connectivity index (χ0v) is 18.3. The number of hydrogen-bond donors (Lipinski definition) is 1. The molecule has 4 aromatic rings. The second-order valence-electron chi connectivity index (χ2n) is 7.48. The van der Waals surface area contributed by atoms with Crippen LogP contribution in [0.4, 0.5) is 10.2 Å². The Hall–Kier alpha value is -3.87. The number of allylic oxidation sites excluding steroid dienone is 1. The van der Waals surface area contributed by atoms with Crippen LogP contribution in [0.5, 0.6) is 5.75 Å². The number of aryl methyl sites for hydroxylation is 2. The first-order valence-corrected chi connectivity index (χ1v) is 10.2. The van der Waals surface area contributed by atoms with Crippen LogP contribution in [0.2, 0.25) is 0 Å². The first kappa shape index (κ1) is 21.4. The Morgan fingerprint density at radius 1 is 1.22 bits per heavy atom. The summed E-state index contributed by atoms with van der Waals surface area (Å²) in [7, 11) is 0. The van der Waals surface area contributed by atoms with Crippen molar-refractivity contribution < 1.29 is 22.9 Å². The molecule has 164 valence electrons. The van der Waals surface area contributed by atoms with Crippen LogP contribution in [0.25, 0.3) is 27.7 Å². The number of amides is 1. The summed E-state index contributed by atoms with van der Waals surface area (Å²) in [4.78, 5) is 12.5. The molecule has 0 saturated heterocycles. The van der Waals surface area contributed by atoms with Crippen molar-refractivity contribution in [2.24, 2.45) is 0 Å². The minimum atomic E-state index is -0.332. The van der Waals surface area contributed by atoms with Crippen LogP contribution >= 0.6 is 0 Å². The van der Waals surface area contributed by atoms with Gasteiger partial charge in [-0.15, -0.1) is 0 Å². The predicted molar refractivity (Wildman–Crippen MR) is 121 cm³/mol. The SMILES string of the molecule is CCOc1c(/C(C)=C/C(=O)Nc2cc(C)on2)cc2c(-c3ccc(F)cc3)coc2c1C. The number of carbonyl (C=O) groups excluding carboxylic acids is 1. The molecule has 0 aliphatic carbocycles. The lowest BCUT2D eigenvalue weighted by atomic mass is 9.96. The van der Waals surface area contributed by atoms with Crippen LogP contribution in [0, 0.1) is 19.7 Å². The molecule has 0 unspecified atom stereocenters. The molecule has 1 N–H and O–H groups in total. The minimum Gasteiger partial charge on any atom is -0.493 e. The molecule has 0 fully saturated rings. The third-order valence-corrected chi connectivity index (χ3v) is 5.14. The summed E-state index contributed by atoms with van der Waals surface area (Å²) in [5, 5.41) is 7.33. The number of hydrogen-bond acceptors (Lipinski definition) is 5. The Labute approximate surface area is 184 Å². The highest BCUT2D eigenvalue weighted by Gasteiger charge is 2.19. The summed E-state index contributed by atoms with van der Waals surface area (Å²) in [5.41, 5.74) is 4.67. The van der Waals surface area contributed by atoms with Crippen molar-refractivity contribution in [3.05, 3.63) is 71.4 Å². The zero-order chi connectivity index (χ0) is 22.8. The highest BCUT2D eigenvalue weighted by molar-refractivity contribution is 6.05. The number of halogens is 1. The number of nitrogens with zero attached hydrogens (tertiary/aromatic N) is 1. The Morgan fingerprint density at radius 3 is 2.62 bits per heavy atom. The molecule has 0 radical (unpaired) electrons. The average Bonchev–Trinajstić information content (AvgIpc) is 3.36. The lowest BCUT2D eigenvalue weighted by molar-refractivity contribution is -0.111. The maximum Gasteiger partial charge on any atom is 0.249 e. The normalized spacial score (nSPS) is 11.7. The fraction of sp³-hybridized carbons (Fsp3) is 0.200. The molecule has 7 heteroatoms. The fourth-order valence-electron chi connectivity index (χ4n) is 3.65. The number of benzene rings is 2. The van der Waals surface area contributed by atoms with Gasteiger partial charge in [-0.3, -0.25) is 4.79 Å². The third-order valence-electron chi connectivity index (χ3n) is 5.14. The van der Waals surface area contributed by atoms with Crippen molar-refractivity contribution in [2.75, 3.05) is 11.9 Å². The summed E-state index contributed by atoms with van der Waals surface area (Å²) in [6.45, 7) is 7.87. The van der Waals surface area contributed by atoms with E-state index >= 15 is 0 Å². The molecule has 2 heterocycles. The number of carbonyl (C=O) groups is 1. The summed E-state index contributed by atoms with van der Waals surface area (Å²) in [6, 6.07) is 9.83. The molecule has 0 bridgehead atoms. The molecule has 0 spiro atoms. The van der Waals surface area contributed by atoms with E-state index in [2.05, 4.69) is 10.5 Å². The molecule has 2 aromatic heterocycles. The van der Waals surface area contributed by atoms with Gasteiger partial charge in [0, 0.05) is 34.2 Å². The van der Waals surface area contributed by atoms with Crippen LogP contribution in [0.1, 0.15) is 30.7 Å². The van der Waals surface area contributed by atoms with Gasteiger partial charge in [0.05, 0.1) is 12.9 Å². The van der Waals surface area contributed by atoms with Crippen LogP contribution in [-0.2, 0) is 4.79 Å². The van der Waals surface area contributed by atoms with Crippen molar-refractivity contribution in [3.63, 3.8) is 0 Å². The Bertz CT molecular complexity index is 1320. The maximum atomic E-state index is 13.4. The number of aromatic nitrogens is 1. The van der Waals surface area contributed by atoms with E-state index in [0.29, 0.717) is 35.1 Å². The lowest BCUT2D eigenvalue weighted by Gasteiger charge is -2.15. The van der Waals surface area contributed by atoms with Gasteiger partial charge in [0.1, 0.15) is 22.9 Å². The topological polar surface area (TPSA) is 77.5 Å². The van der Waals surface area contributed by atoms with Gasteiger partial charge in [0.2, 0.25) is 5.91 Å². The Balaban J connectivity index is 1.79. The van der Waals surface area contributed by atoms with Crippen LogP contribution < -0.4 is 10.1 Å². The number of ether oxygens (including phenoxy) is 1. The quantitative estimate of drug-likeness (QED) is 0.361. The first-order chi connectivity index (χ1) is 15.4. The van der Waals surface area contributed by atoms with E-state index in [4.69, 9.17) is 13.7 Å². The Kier molecular flexibility index (Phi) is 5.81. The number of fused-ring (bicyclic) bond motifs is 1. The van der Waals surface area contributed by atoms with Gasteiger partial charge in [-0.2, -0.15) is 0 Å². The third kappa shape index (κ3) is 4.14. The number of nitrogens with one attached hydrogen (secondary N) is 1. The van der Waals surface area contributed by atoms with Crippen molar-refractivity contribution in [3.8, 4) is 16.9 Å². The van der Waals surface area contributed by atoms with Gasteiger partial charge < -0.3 is 19.0 Å². The Morgan fingerprint density at radius 2 is 1.97 bits per heavy atom. The van der Waals surface area contributed by atoms with E-state index in [1.54, 1.807) is 31.4 Å².